The van der Waals surface area contributed by atoms with Crippen LogP contribution < -0.4 is 5.48 Å². The first-order valence-corrected chi connectivity index (χ1v) is 21.7. The monoisotopic (exact) mass is 702 g/mol. The van der Waals surface area contributed by atoms with E-state index in [4.69, 9.17) is 19.8 Å². The van der Waals surface area contributed by atoms with E-state index in [9.17, 15) is 9.59 Å². The van der Waals surface area contributed by atoms with E-state index in [1.165, 1.54) is 135 Å². The highest BCUT2D eigenvalue weighted by Crippen LogP contribution is 2.17. The first-order chi connectivity index (χ1) is 23.6. The zero-order valence-electron chi connectivity index (χ0n) is 31.5. The number of ether oxygens (including phenoxy) is 1. The number of carbonyl (C=O) groups is 2. The molecule has 7 nitrogen and oxygen atoms in total. The number of unbranched alkanes of at least 4 members (excludes halogenated alkanes) is 25. The Morgan fingerprint density at radius 1 is 0.542 bits per heavy atom. The first-order valence-electron chi connectivity index (χ1n) is 20.5. The van der Waals surface area contributed by atoms with Crippen molar-refractivity contribution in [3.63, 3.8) is 0 Å². The van der Waals surface area contributed by atoms with Crippen molar-refractivity contribution < 1.29 is 29.4 Å². The van der Waals surface area contributed by atoms with E-state index in [0.29, 0.717) is 18.9 Å². The lowest BCUT2D eigenvalue weighted by molar-refractivity contribution is -0.138. The topological polar surface area (TPSA) is 105 Å². The van der Waals surface area contributed by atoms with Crippen LogP contribution in [0.5, 0.6) is 0 Å². The second-order valence-corrected chi connectivity index (χ2v) is 15.1. The molecule has 0 aliphatic rings. The molecule has 0 spiro atoms. The summed E-state index contributed by atoms with van der Waals surface area (Å²) in [6, 6.07) is 0. The lowest BCUT2D eigenvalue weighted by Crippen LogP contribution is -2.20. The third kappa shape index (κ3) is 41.3. The van der Waals surface area contributed by atoms with Crippen LogP contribution in [0.15, 0.2) is 0 Å². The van der Waals surface area contributed by atoms with E-state index in [1.807, 2.05) is 11.8 Å². The molecule has 0 bridgehead atoms. The van der Waals surface area contributed by atoms with Crippen LogP contribution >= 0.6 is 11.8 Å². The van der Waals surface area contributed by atoms with Crippen LogP contribution in [0.2, 0.25) is 0 Å². The second-order valence-electron chi connectivity index (χ2n) is 13.9. The molecule has 0 fully saturated rings. The maximum atomic E-state index is 10.6. The first kappa shape index (κ1) is 47.2. The highest BCUT2D eigenvalue weighted by molar-refractivity contribution is 7.99. The van der Waals surface area contributed by atoms with Crippen molar-refractivity contribution in [3.05, 3.63) is 0 Å². The van der Waals surface area contributed by atoms with E-state index >= 15 is 0 Å². The van der Waals surface area contributed by atoms with Gasteiger partial charge in [-0.1, -0.05) is 161 Å². The number of thioether (sulfide) groups is 1. The van der Waals surface area contributed by atoms with Gasteiger partial charge in [-0.15, -0.1) is 0 Å². The lowest BCUT2D eigenvalue weighted by atomic mass is 10.0. The van der Waals surface area contributed by atoms with Gasteiger partial charge in [0, 0.05) is 37.5 Å². The van der Waals surface area contributed by atoms with Gasteiger partial charge in [0.2, 0.25) is 0 Å². The number of carboxylic acids is 2. The van der Waals surface area contributed by atoms with E-state index < -0.39 is 11.9 Å². The molecule has 1 unspecified atom stereocenters. The highest BCUT2D eigenvalue weighted by Gasteiger charge is 2.10. The Morgan fingerprint density at radius 3 is 1.44 bits per heavy atom. The standard InChI is InChI=1S/C40H79NO6S/c1-2-3-4-5-6-7-13-18-23-28-33-41-47-35-36-48-37-38(30-25-20-15-10-8-11-16-21-26-31-39(42)43)46-34-29-24-19-14-9-12-17-22-27-32-40(44)45/h38,41H,2-37H2,1H3,(H,42,43)(H,44,45). The Bertz CT molecular complexity index is 668. The van der Waals surface area contributed by atoms with Gasteiger partial charge in [0.15, 0.2) is 0 Å². The number of rotatable bonds is 42. The summed E-state index contributed by atoms with van der Waals surface area (Å²) >= 11 is 1.95. The van der Waals surface area contributed by atoms with E-state index in [2.05, 4.69) is 12.4 Å². The predicted molar refractivity (Wildman–Crippen MR) is 205 cm³/mol. The van der Waals surface area contributed by atoms with Crippen molar-refractivity contribution >= 4 is 23.7 Å². The molecule has 0 aliphatic heterocycles. The van der Waals surface area contributed by atoms with Gasteiger partial charge in [0.25, 0.3) is 0 Å². The average Bonchev–Trinajstić information content (AvgIpc) is 3.06. The van der Waals surface area contributed by atoms with Gasteiger partial charge in [-0.05, 0) is 32.1 Å². The molecular formula is C40H79NO6S. The van der Waals surface area contributed by atoms with Gasteiger partial charge in [0.05, 0.1) is 12.7 Å². The molecule has 1 atom stereocenters. The molecular weight excluding hydrogens is 623 g/mol. The number of hydroxylamine groups is 1. The molecule has 0 heterocycles. The van der Waals surface area contributed by atoms with Gasteiger partial charge in [-0.25, -0.2) is 5.48 Å². The Hall–Kier alpha value is -0.830. The van der Waals surface area contributed by atoms with Gasteiger partial charge in [-0.2, -0.15) is 11.8 Å². The van der Waals surface area contributed by atoms with Crippen molar-refractivity contribution in [2.45, 2.75) is 212 Å². The smallest absolute Gasteiger partial charge is 0.303 e. The maximum absolute atomic E-state index is 10.6. The van der Waals surface area contributed by atoms with Crippen molar-refractivity contribution in [3.8, 4) is 0 Å². The zero-order chi connectivity index (χ0) is 35.0. The Morgan fingerprint density at radius 2 is 0.958 bits per heavy atom. The summed E-state index contributed by atoms with van der Waals surface area (Å²) in [5.74, 6) is 0.683. The Balaban J connectivity index is 3.93. The number of nitrogens with one attached hydrogen (secondary N) is 1. The molecule has 0 rings (SSSR count). The Kier molecular flexibility index (Phi) is 39.9. The molecule has 3 N–H and O–H groups in total. The number of carboxylic acid groups (broad SMARTS) is 2. The Labute approximate surface area is 301 Å². The lowest BCUT2D eigenvalue weighted by Gasteiger charge is -2.18. The van der Waals surface area contributed by atoms with Crippen LogP contribution in [0.1, 0.15) is 206 Å². The minimum absolute atomic E-state index is 0.308. The summed E-state index contributed by atoms with van der Waals surface area (Å²) < 4.78 is 6.39. The van der Waals surface area contributed by atoms with Crippen molar-refractivity contribution in [2.24, 2.45) is 0 Å². The van der Waals surface area contributed by atoms with Crippen LogP contribution in [0, 0.1) is 0 Å². The zero-order valence-corrected chi connectivity index (χ0v) is 32.3. The molecule has 0 amide bonds. The quantitative estimate of drug-likeness (QED) is 0.0427. The van der Waals surface area contributed by atoms with Gasteiger partial charge < -0.3 is 19.8 Å². The normalized spacial score (nSPS) is 12.1. The molecule has 286 valence electrons. The minimum Gasteiger partial charge on any atom is -0.481 e. The summed E-state index contributed by atoms with van der Waals surface area (Å²) in [7, 11) is 0. The van der Waals surface area contributed by atoms with Crippen molar-refractivity contribution in [2.75, 3.05) is 31.3 Å². The third-order valence-electron chi connectivity index (χ3n) is 9.17. The fourth-order valence-electron chi connectivity index (χ4n) is 6.11. The molecule has 0 saturated carbocycles. The SMILES string of the molecule is CCCCCCCCCCCCNOCCSCC(CCCCCCCCCCCC(=O)O)OCCCCCCCCCCCC(=O)O. The molecule has 48 heavy (non-hydrogen) atoms. The van der Waals surface area contributed by atoms with Crippen LogP contribution in [0.25, 0.3) is 0 Å². The largest absolute Gasteiger partial charge is 0.481 e. The maximum Gasteiger partial charge on any atom is 0.303 e. The minimum atomic E-state index is -0.677. The second kappa shape index (κ2) is 40.6. The van der Waals surface area contributed by atoms with Crippen LogP contribution in [0.4, 0.5) is 0 Å². The van der Waals surface area contributed by atoms with Gasteiger partial charge >= 0.3 is 11.9 Å². The van der Waals surface area contributed by atoms with Crippen molar-refractivity contribution in [1.29, 1.82) is 0 Å². The molecule has 0 aliphatic carbocycles. The fraction of sp³-hybridized carbons (Fsp3) is 0.950. The third-order valence-corrected chi connectivity index (χ3v) is 10.2. The van der Waals surface area contributed by atoms with Crippen molar-refractivity contribution in [1.82, 2.24) is 5.48 Å². The van der Waals surface area contributed by atoms with Gasteiger partial charge in [-0.3, -0.25) is 9.59 Å². The molecule has 0 aromatic rings. The fourth-order valence-corrected chi connectivity index (χ4v) is 7.00. The summed E-state index contributed by atoms with van der Waals surface area (Å²) in [5, 5.41) is 17.5. The molecule has 0 aromatic heterocycles. The number of aliphatic carboxylic acids is 2. The molecule has 0 saturated heterocycles. The summed E-state index contributed by atoms with van der Waals surface area (Å²) in [5.41, 5.74) is 3.17. The van der Waals surface area contributed by atoms with E-state index in [-0.39, 0.29) is 0 Å². The van der Waals surface area contributed by atoms with E-state index in [1.54, 1.807) is 0 Å². The predicted octanol–water partition coefficient (Wildman–Crippen LogP) is 11.9. The van der Waals surface area contributed by atoms with Crippen LogP contribution in [0.3, 0.4) is 0 Å². The molecule has 8 heteroatoms. The van der Waals surface area contributed by atoms with E-state index in [0.717, 1.165) is 82.6 Å². The van der Waals surface area contributed by atoms with Gasteiger partial charge in [0.1, 0.15) is 0 Å². The summed E-state index contributed by atoms with van der Waals surface area (Å²) in [6.45, 7) is 4.83. The van der Waals surface area contributed by atoms with Crippen LogP contribution in [-0.4, -0.2) is 59.5 Å². The van der Waals surface area contributed by atoms with Crippen LogP contribution in [-0.2, 0) is 19.2 Å². The average molecular weight is 702 g/mol. The number of hydrogen-bond acceptors (Lipinski definition) is 6. The molecule has 0 aromatic carbocycles. The number of hydrogen-bond donors (Lipinski definition) is 3. The molecule has 0 radical (unpaired) electrons. The summed E-state index contributed by atoms with van der Waals surface area (Å²) in [6.07, 6.45) is 36.6. The highest BCUT2D eigenvalue weighted by atomic mass is 32.2. The summed E-state index contributed by atoms with van der Waals surface area (Å²) in [4.78, 5) is 26.9.